The van der Waals surface area contributed by atoms with E-state index in [9.17, 15) is 64.2 Å². The van der Waals surface area contributed by atoms with Gasteiger partial charge in [-0.25, -0.2) is 4.57 Å². The molecule has 0 spiro atoms. The van der Waals surface area contributed by atoms with Gasteiger partial charge in [0.15, 0.2) is 14.6 Å². The molecule has 0 saturated heterocycles. The molecule has 0 saturated carbocycles. The molecule has 3 atom stereocenters. The Morgan fingerprint density at radius 1 is 0.611 bits per heavy atom. The van der Waals surface area contributed by atoms with Gasteiger partial charge in [-0.05, 0) is 0 Å². The molecule has 0 heterocycles. The maximum atomic E-state index is 11.8. The van der Waals surface area contributed by atoms with Gasteiger partial charge in [0, 0.05) is 40.0 Å². The maximum Gasteiger partial charge on any atom is 0.445 e. The second kappa shape index (κ2) is 15.3. The average molecular weight is 704 g/mol. The number of hydrogen-bond donors (Lipinski definition) is 7. The lowest BCUT2D eigenvalue weighted by Gasteiger charge is -2.07. The first-order chi connectivity index (χ1) is 14.8. The molecule has 0 aromatic carbocycles. The summed E-state index contributed by atoms with van der Waals surface area (Å²) in [7, 11) is -33.6. The van der Waals surface area contributed by atoms with E-state index in [4.69, 9.17) is 14.3 Å². The third kappa shape index (κ3) is 64.5. The van der Waals surface area contributed by atoms with Gasteiger partial charge in [-0.1, -0.05) is 7.77 Å². The molecule has 0 aliphatic heterocycles. The van der Waals surface area contributed by atoms with E-state index in [-0.39, 0.29) is 0 Å². The van der Waals surface area contributed by atoms with Gasteiger partial charge in [-0.3, -0.25) is 13.7 Å². The molecule has 36 heavy (non-hydrogen) atoms. The Hall–Kier alpha value is 0.440. The van der Waals surface area contributed by atoms with E-state index in [1.807, 2.05) is 0 Å². The van der Waals surface area contributed by atoms with Crippen molar-refractivity contribution in [3.63, 3.8) is 0 Å². The van der Waals surface area contributed by atoms with E-state index in [1.165, 1.54) is 9.35 Å². The quantitative estimate of drug-likeness (QED) is 0.0811. The van der Waals surface area contributed by atoms with Gasteiger partial charge in [-0.15, -0.1) is 17.7 Å². The van der Waals surface area contributed by atoms with E-state index in [2.05, 4.69) is 0 Å². The lowest BCUT2D eigenvalue weighted by Crippen LogP contribution is -2.16. The third-order valence-electron chi connectivity index (χ3n) is 1.25. The number of halogens is 4. The molecule has 0 amide bonds. The zero-order valence-corrected chi connectivity index (χ0v) is 25.7. The van der Waals surface area contributed by atoms with Crippen molar-refractivity contribution in [2.75, 3.05) is 40.0 Å². The Morgan fingerprint density at radius 2 is 0.917 bits per heavy atom. The van der Waals surface area contributed by atoms with Gasteiger partial charge in [0.05, 0.1) is 0 Å². The summed E-state index contributed by atoms with van der Waals surface area (Å²) in [4.78, 5) is 17.6. The van der Waals surface area contributed by atoms with Crippen LogP contribution in [0.5, 0.6) is 0 Å². The zero-order chi connectivity index (χ0) is 30.8. The van der Waals surface area contributed by atoms with Gasteiger partial charge in [0.25, 0.3) is 7.52 Å². The smallest absolute Gasteiger partial charge is 0.333 e. The highest BCUT2D eigenvalue weighted by atomic mass is 32.3. The minimum atomic E-state index is -5.04. The van der Waals surface area contributed by atoms with Crippen molar-refractivity contribution in [1.29, 1.82) is 0 Å². The molecule has 0 bridgehead atoms. The molecule has 18 nitrogen and oxygen atoms in total. The highest BCUT2D eigenvalue weighted by molar-refractivity contribution is 7.92. The summed E-state index contributed by atoms with van der Waals surface area (Å²) in [6.45, 7) is 5.75. The van der Waals surface area contributed by atoms with Gasteiger partial charge in [0.2, 0.25) is 0 Å². The minimum absolute atomic E-state index is 0.529. The fourth-order valence-corrected chi connectivity index (χ4v) is 8.71. The van der Waals surface area contributed by atoms with Gasteiger partial charge < -0.3 is 18.9 Å². The molecular formula is C6H25F4N4O14P5S3. The van der Waals surface area contributed by atoms with Crippen LogP contribution in [0.2, 0.25) is 0 Å². The highest BCUT2D eigenvalue weighted by Crippen LogP contribution is 2.49. The first-order valence-electron chi connectivity index (χ1n) is 7.56. The Bertz CT molecular complexity index is 1120. The molecule has 224 valence electrons. The van der Waals surface area contributed by atoms with Crippen molar-refractivity contribution < 1.29 is 78.6 Å². The normalized spacial score (nSPS) is 17.7. The van der Waals surface area contributed by atoms with Gasteiger partial charge >= 0.3 is 46.6 Å². The standard InChI is InChI=1S/C2H8FNO3P2.C2H7FNO3PS.2CH5FNO4PS/c2*1-8(2,5)4-9(3,6)7;1-8(4,5)3-9(2,6)7;1-8(2,4)3-9(5,6)7/h1-2H3,(H2,4,5,6,7);1-2H3,(H,4,5);1H3,(H2,3,4,5);1H3,(H,3,4)(H,5,6,7). The van der Waals surface area contributed by atoms with Crippen LogP contribution in [0.1, 0.15) is 0 Å². The Balaban J connectivity index is -0.000000190. The van der Waals surface area contributed by atoms with Crippen LogP contribution in [-0.4, -0.2) is 79.6 Å². The second-order valence-corrected chi connectivity index (χ2v) is 22.1. The number of rotatable bonds is 8. The summed E-state index contributed by atoms with van der Waals surface area (Å²) in [6, 6.07) is 0. The summed E-state index contributed by atoms with van der Waals surface area (Å²) in [5.41, 5.74) is 0. The molecule has 7 N–H and O–H groups in total. The topological polar surface area (TPSA) is 297 Å². The lowest BCUT2D eigenvalue weighted by molar-refractivity contribution is 0.423. The molecule has 30 heteroatoms. The summed E-state index contributed by atoms with van der Waals surface area (Å²) in [5, 5.41) is 0. The van der Waals surface area contributed by atoms with Crippen molar-refractivity contribution in [1.82, 2.24) is 18.3 Å². The van der Waals surface area contributed by atoms with E-state index >= 15 is 0 Å². The van der Waals surface area contributed by atoms with E-state index < -0.39 is 68.7 Å². The van der Waals surface area contributed by atoms with Crippen molar-refractivity contribution in [2.24, 2.45) is 0 Å². The monoisotopic (exact) mass is 704 g/mol. The SMILES string of the molecule is CP(=O)(F)NS(=O)(=O)O.CP(=O)(O)NS(=O)(=O)F.CP(C)(=O)NP(=O)(O)F.CP(C)(=O)NS(=O)(=O)F. The Labute approximate surface area is 205 Å². The summed E-state index contributed by atoms with van der Waals surface area (Å²) in [5.74, 6) is 0. The average Bonchev–Trinajstić information content (AvgIpc) is 2.19. The highest BCUT2D eigenvalue weighted by Gasteiger charge is 2.22. The predicted octanol–water partition coefficient (Wildman–Crippen LogP) is 1.29. The number of hydrogen-bond acceptors (Lipinski definition) is 11. The molecule has 0 aliphatic rings. The van der Waals surface area contributed by atoms with Crippen LogP contribution < -0.4 is 18.3 Å². The van der Waals surface area contributed by atoms with Crippen LogP contribution in [0, 0.1) is 0 Å². The van der Waals surface area contributed by atoms with Gasteiger partial charge in [-0.2, -0.15) is 34.3 Å². The summed E-state index contributed by atoms with van der Waals surface area (Å²) in [6.07, 6.45) is 0. The molecule has 0 aromatic rings. The van der Waals surface area contributed by atoms with Crippen LogP contribution >= 0.6 is 37.5 Å². The van der Waals surface area contributed by atoms with Crippen LogP contribution in [0.3, 0.4) is 0 Å². The lowest BCUT2D eigenvalue weighted by atomic mass is 11.9. The largest absolute Gasteiger partial charge is 0.445 e. The maximum absolute atomic E-state index is 11.8. The molecule has 0 rings (SSSR count). The van der Waals surface area contributed by atoms with Gasteiger partial charge in [0.1, 0.15) is 0 Å². The minimum Gasteiger partial charge on any atom is -0.333 e. The van der Waals surface area contributed by atoms with Crippen molar-refractivity contribution in [3.05, 3.63) is 0 Å². The fraction of sp³-hybridized carbons (Fsp3) is 1.00. The zero-order valence-electron chi connectivity index (χ0n) is 18.8. The van der Waals surface area contributed by atoms with Crippen molar-refractivity contribution >= 4 is 68.7 Å². The van der Waals surface area contributed by atoms with E-state index in [1.54, 1.807) is 0 Å². The molecule has 0 fully saturated rings. The summed E-state index contributed by atoms with van der Waals surface area (Å²) >= 11 is 0. The Morgan fingerprint density at radius 3 is 0.917 bits per heavy atom. The molecular weight excluding hydrogens is 679 g/mol. The fourth-order valence-electron chi connectivity index (χ4n) is 0.968. The Kier molecular flexibility index (Phi) is 18.5. The molecule has 0 aliphatic carbocycles. The van der Waals surface area contributed by atoms with E-state index in [0.29, 0.717) is 13.3 Å². The van der Waals surface area contributed by atoms with Crippen LogP contribution in [-0.2, 0) is 53.9 Å². The molecule has 0 aromatic heterocycles. The first kappa shape index (κ1) is 43.5. The second-order valence-electron chi connectivity index (χ2n) is 6.63. The van der Waals surface area contributed by atoms with Crippen molar-refractivity contribution in [3.8, 4) is 0 Å². The number of nitrogens with one attached hydrogen (secondary N) is 4. The third-order valence-corrected chi connectivity index (χ3v) is 11.2. The van der Waals surface area contributed by atoms with Crippen LogP contribution in [0.25, 0.3) is 0 Å². The molecule has 3 unspecified atom stereocenters. The van der Waals surface area contributed by atoms with Crippen LogP contribution in [0.15, 0.2) is 0 Å². The first-order valence-corrected chi connectivity index (χ1v) is 22.7. The molecule has 0 radical (unpaired) electrons. The van der Waals surface area contributed by atoms with E-state index in [0.717, 1.165) is 35.6 Å². The van der Waals surface area contributed by atoms with Crippen LogP contribution in [0.4, 0.5) is 16.2 Å². The summed E-state index contributed by atoms with van der Waals surface area (Å²) < 4.78 is 166. The predicted molar refractivity (Wildman–Crippen MR) is 124 cm³/mol. The van der Waals surface area contributed by atoms with Crippen molar-refractivity contribution in [2.45, 2.75) is 0 Å².